The van der Waals surface area contributed by atoms with Crippen LogP contribution in [0.25, 0.3) is 0 Å². The lowest BCUT2D eigenvalue weighted by Gasteiger charge is -2.36. The van der Waals surface area contributed by atoms with Crippen LogP contribution in [-0.4, -0.2) is 55.8 Å². The number of carbonyl (C=O) groups excluding carboxylic acids is 1. The van der Waals surface area contributed by atoms with Crippen LogP contribution in [0, 0.1) is 0 Å². The lowest BCUT2D eigenvalue weighted by atomic mass is 10.1. The molecule has 0 unspecified atom stereocenters. The molecule has 0 atom stereocenters. The number of rotatable bonds is 5. The standard InChI is InChI=1S/C19H23ClN4O2/c1-26-13-7-15-4-2-3-5-17(15)22-19(25)24-11-9-23(10-12-24)18-6-8-21-14-16(18)20/h2-6,8,14H,7,9-13H2,1H3,(H,22,25). The van der Waals surface area contributed by atoms with Gasteiger partial charge in [0.25, 0.3) is 0 Å². The maximum absolute atomic E-state index is 12.6. The topological polar surface area (TPSA) is 57.7 Å². The molecule has 2 aromatic rings. The van der Waals surface area contributed by atoms with E-state index in [0.29, 0.717) is 24.7 Å². The summed E-state index contributed by atoms with van der Waals surface area (Å²) in [5.74, 6) is 0. The summed E-state index contributed by atoms with van der Waals surface area (Å²) in [4.78, 5) is 20.7. The van der Waals surface area contributed by atoms with E-state index in [9.17, 15) is 4.79 Å². The SMILES string of the molecule is COCCc1ccccc1NC(=O)N1CCN(c2ccncc2Cl)CC1. The Balaban J connectivity index is 1.58. The van der Waals surface area contributed by atoms with Gasteiger partial charge in [-0.05, 0) is 24.1 Å². The maximum Gasteiger partial charge on any atom is 0.321 e. The number of aromatic nitrogens is 1. The second kappa shape index (κ2) is 8.87. The highest BCUT2D eigenvalue weighted by Crippen LogP contribution is 2.25. The summed E-state index contributed by atoms with van der Waals surface area (Å²) < 4.78 is 5.14. The van der Waals surface area contributed by atoms with Gasteiger partial charge in [0.1, 0.15) is 0 Å². The summed E-state index contributed by atoms with van der Waals surface area (Å²) in [6.07, 6.45) is 4.14. The van der Waals surface area contributed by atoms with Gasteiger partial charge in [0.05, 0.1) is 17.3 Å². The zero-order chi connectivity index (χ0) is 18.4. The Labute approximate surface area is 158 Å². The van der Waals surface area contributed by atoms with Crippen molar-refractivity contribution in [1.29, 1.82) is 0 Å². The molecular formula is C19H23ClN4O2. The van der Waals surface area contributed by atoms with E-state index in [1.807, 2.05) is 35.2 Å². The third-order valence-electron chi connectivity index (χ3n) is 4.49. The first-order valence-corrected chi connectivity index (χ1v) is 9.04. The normalized spacial score (nSPS) is 14.4. The molecule has 7 heteroatoms. The zero-order valence-electron chi connectivity index (χ0n) is 14.8. The number of pyridine rings is 1. The number of anilines is 2. The van der Waals surface area contributed by atoms with Crippen molar-refractivity contribution in [3.63, 3.8) is 0 Å². The van der Waals surface area contributed by atoms with Crippen LogP contribution in [0.15, 0.2) is 42.7 Å². The molecular weight excluding hydrogens is 352 g/mol. The van der Waals surface area contributed by atoms with Crippen molar-refractivity contribution in [3.05, 3.63) is 53.3 Å². The van der Waals surface area contributed by atoms with E-state index in [2.05, 4.69) is 15.2 Å². The minimum absolute atomic E-state index is 0.0738. The number of para-hydroxylation sites is 1. The molecule has 6 nitrogen and oxygen atoms in total. The molecule has 1 aromatic heterocycles. The monoisotopic (exact) mass is 374 g/mol. The highest BCUT2D eigenvalue weighted by molar-refractivity contribution is 6.33. The average molecular weight is 375 g/mol. The third kappa shape index (κ3) is 4.45. The number of nitrogens with zero attached hydrogens (tertiary/aromatic N) is 3. The van der Waals surface area contributed by atoms with Crippen LogP contribution < -0.4 is 10.2 Å². The Morgan fingerprint density at radius 1 is 1.23 bits per heavy atom. The minimum atomic E-state index is -0.0738. The third-order valence-corrected chi connectivity index (χ3v) is 4.78. The molecule has 0 aliphatic carbocycles. The predicted molar refractivity (Wildman–Crippen MR) is 104 cm³/mol. The van der Waals surface area contributed by atoms with E-state index in [1.54, 1.807) is 19.5 Å². The molecule has 1 N–H and O–H groups in total. The fourth-order valence-electron chi connectivity index (χ4n) is 3.04. The maximum atomic E-state index is 12.6. The smallest absolute Gasteiger partial charge is 0.321 e. The first-order valence-electron chi connectivity index (χ1n) is 8.66. The number of urea groups is 1. The van der Waals surface area contributed by atoms with Gasteiger partial charge >= 0.3 is 6.03 Å². The molecule has 26 heavy (non-hydrogen) atoms. The van der Waals surface area contributed by atoms with E-state index in [0.717, 1.165) is 36.4 Å². The van der Waals surface area contributed by atoms with Gasteiger partial charge in [0.2, 0.25) is 0 Å². The number of nitrogens with one attached hydrogen (secondary N) is 1. The van der Waals surface area contributed by atoms with Gasteiger partial charge in [-0.25, -0.2) is 4.79 Å². The van der Waals surface area contributed by atoms with Gasteiger partial charge < -0.3 is 19.9 Å². The van der Waals surface area contributed by atoms with Gasteiger partial charge in [0, 0.05) is 51.4 Å². The Hall–Kier alpha value is -2.31. The predicted octanol–water partition coefficient (Wildman–Crippen LogP) is 3.28. The molecule has 3 rings (SSSR count). The number of halogens is 1. The number of ether oxygens (including phenoxy) is 1. The number of methoxy groups -OCH3 is 1. The Morgan fingerprint density at radius 2 is 2.00 bits per heavy atom. The Morgan fingerprint density at radius 3 is 2.73 bits per heavy atom. The van der Waals surface area contributed by atoms with E-state index in [1.165, 1.54) is 0 Å². The summed E-state index contributed by atoms with van der Waals surface area (Å²) in [6, 6.07) is 9.67. The van der Waals surface area contributed by atoms with Crippen molar-refractivity contribution in [3.8, 4) is 0 Å². The molecule has 0 radical (unpaired) electrons. The van der Waals surface area contributed by atoms with Crippen molar-refractivity contribution in [2.45, 2.75) is 6.42 Å². The second-order valence-electron chi connectivity index (χ2n) is 6.13. The number of carbonyl (C=O) groups is 1. The van der Waals surface area contributed by atoms with Crippen molar-refractivity contribution in [2.75, 3.05) is 50.1 Å². The molecule has 0 bridgehead atoms. The van der Waals surface area contributed by atoms with Gasteiger partial charge in [-0.15, -0.1) is 0 Å². The number of hydrogen-bond donors (Lipinski definition) is 1. The van der Waals surface area contributed by atoms with Gasteiger partial charge in [-0.3, -0.25) is 4.98 Å². The van der Waals surface area contributed by atoms with Gasteiger partial charge in [-0.2, -0.15) is 0 Å². The van der Waals surface area contributed by atoms with E-state index < -0.39 is 0 Å². The van der Waals surface area contributed by atoms with Crippen LogP contribution >= 0.6 is 11.6 Å². The van der Waals surface area contributed by atoms with Crippen molar-refractivity contribution in [1.82, 2.24) is 9.88 Å². The van der Waals surface area contributed by atoms with Gasteiger partial charge in [-0.1, -0.05) is 29.8 Å². The first-order chi connectivity index (χ1) is 12.7. The average Bonchev–Trinajstić information content (AvgIpc) is 2.68. The number of piperazine rings is 1. The van der Waals surface area contributed by atoms with E-state index >= 15 is 0 Å². The Kier molecular flexibility index (Phi) is 6.30. The molecule has 1 fully saturated rings. The molecule has 1 saturated heterocycles. The molecule has 1 aliphatic rings. The number of benzene rings is 1. The van der Waals surface area contributed by atoms with Crippen molar-refractivity contribution < 1.29 is 9.53 Å². The van der Waals surface area contributed by atoms with Crippen LogP contribution in [0.5, 0.6) is 0 Å². The molecule has 0 saturated carbocycles. The first kappa shape index (κ1) is 18.5. The highest BCUT2D eigenvalue weighted by atomic mass is 35.5. The summed E-state index contributed by atoms with van der Waals surface area (Å²) in [7, 11) is 1.68. The Bertz CT molecular complexity index is 748. The lowest BCUT2D eigenvalue weighted by Crippen LogP contribution is -2.50. The molecule has 2 amide bonds. The quantitative estimate of drug-likeness (QED) is 0.872. The molecule has 138 valence electrons. The van der Waals surface area contributed by atoms with Crippen LogP contribution in [0.1, 0.15) is 5.56 Å². The van der Waals surface area contributed by atoms with Crippen LogP contribution in [-0.2, 0) is 11.2 Å². The summed E-state index contributed by atoms with van der Waals surface area (Å²) in [5, 5.41) is 3.67. The summed E-state index contributed by atoms with van der Waals surface area (Å²) in [5.41, 5.74) is 2.88. The number of hydrogen-bond acceptors (Lipinski definition) is 4. The van der Waals surface area contributed by atoms with E-state index in [-0.39, 0.29) is 6.03 Å². The van der Waals surface area contributed by atoms with Gasteiger partial charge in [0.15, 0.2) is 0 Å². The summed E-state index contributed by atoms with van der Waals surface area (Å²) in [6.45, 7) is 3.39. The highest BCUT2D eigenvalue weighted by Gasteiger charge is 2.22. The van der Waals surface area contributed by atoms with Crippen molar-refractivity contribution in [2.24, 2.45) is 0 Å². The molecule has 1 aromatic carbocycles. The van der Waals surface area contributed by atoms with Crippen LogP contribution in [0.4, 0.5) is 16.2 Å². The van der Waals surface area contributed by atoms with Crippen LogP contribution in [0.3, 0.4) is 0 Å². The molecule has 2 heterocycles. The molecule has 1 aliphatic heterocycles. The van der Waals surface area contributed by atoms with Crippen LogP contribution in [0.2, 0.25) is 5.02 Å². The zero-order valence-corrected chi connectivity index (χ0v) is 15.6. The second-order valence-corrected chi connectivity index (χ2v) is 6.54. The number of amides is 2. The van der Waals surface area contributed by atoms with Crippen molar-refractivity contribution >= 4 is 29.0 Å². The largest absolute Gasteiger partial charge is 0.384 e. The fraction of sp³-hybridized carbons (Fsp3) is 0.368. The minimum Gasteiger partial charge on any atom is -0.384 e. The molecule has 0 spiro atoms. The van der Waals surface area contributed by atoms with E-state index in [4.69, 9.17) is 16.3 Å². The lowest BCUT2D eigenvalue weighted by molar-refractivity contribution is 0.202. The summed E-state index contributed by atoms with van der Waals surface area (Å²) >= 11 is 6.22. The fourth-order valence-corrected chi connectivity index (χ4v) is 3.28.